The number of aliphatic imine (C=N–C) groups is 1. The minimum Gasteiger partial charge on any atom is -0.298 e. The molecule has 1 saturated carbocycles. The number of carbonyl (C=O) groups excluding carboxylic acids is 1. The maximum absolute atomic E-state index is 12.9. The first-order valence-corrected chi connectivity index (χ1v) is 7.23. The van der Waals surface area contributed by atoms with Gasteiger partial charge in [-0.05, 0) is 31.4 Å². The molecule has 0 bridgehead atoms. The average Bonchev–Trinajstić information content (AvgIpc) is 2.75. The number of ketones is 1. The zero-order chi connectivity index (χ0) is 16.3. The highest BCUT2D eigenvalue weighted by Gasteiger charge is 2.40. The fraction of sp³-hybridized carbons (Fsp3) is 0.412. The SMILES string of the molecule is C=CCC1CC(=NCC)C(c2cccc(C(F)(F)F)c2)C1=O. The zero-order valence-corrected chi connectivity index (χ0v) is 12.4. The maximum atomic E-state index is 12.9. The molecule has 0 radical (unpaired) electrons. The minimum absolute atomic E-state index is 0.0635. The van der Waals surface area contributed by atoms with Crippen LogP contribution in [0.25, 0.3) is 0 Å². The number of carbonyl (C=O) groups is 1. The van der Waals surface area contributed by atoms with E-state index < -0.39 is 17.7 Å². The second-order valence-corrected chi connectivity index (χ2v) is 5.35. The fourth-order valence-electron chi connectivity index (χ4n) is 2.88. The van der Waals surface area contributed by atoms with E-state index in [0.717, 1.165) is 12.1 Å². The Kier molecular flexibility index (Phi) is 4.84. The Labute approximate surface area is 127 Å². The van der Waals surface area contributed by atoms with E-state index in [-0.39, 0.29) is 11.7 Å². The van der Waals surface area contributed by atoms with Crippen LogP contribution in [-0.2, 0) is 11.0 Å². The van der Waals surface area contributed by atoms with Gasteiger partial charge in [-0.2, -0.15) is 13.2 Å². The summed E-state index contributed by atoms with van der Waals surface area (Å²) in [4.78, 5) is 16.9. The van der Waals surface area contributed by atoms with Crippen LogP contribution in [0.3, 0.4) is 0 Å². The van der Waals surface area contributed by atoms with Crippen LogP contribution in [0.4, 0.5) is 13.2 Å². The molecule has 1 fully saturated rings. The normalized spacial score (nSPS) is 24.0. The van der Waals surface area contributed by atoms with Gasteiger partial charge in [0.25, 0.3) is 0 Å². The third kappa shape index (κ3) is 3.29. The van der Waals surface area contributed by atoms with Crippen molar-refractivity contribution in [2.75, 3.05) is 6.54 Å². The molecule has 1 aromatic carbocycles. The smallest absolute Gasteiger partial charge is 0.298 e. The Bertz CT molecular complexity index is 604. The summed E-state index contributed by atoms with van der Waals surface area (Å²) >= 11 is 0. The molecule has 0 N–H and O–H groups in total. The Hall–Kier alpha value is -1.91. The van der Waals surface area contributed by atoms with Crippen molar-refractivity contribution in [1.29, 1.82) is 0 Å². The lowest BCUT2D eigenvalue weighted by molar-refractivity contribution is -0.137. The summed E-state index contributed by atoms with van der Waals surface area (Å²) in [6.45, 7) is 5.99. The monoisotopic (exact) mass is 309 g/mol. The van der Waals surface area contributed by atoms with E-state index in [9.17, 15) is 18.0 Å². The predicted octanol–water partition coefficient (Wildman–Crippen LogP) is 4.42. The number of Topliss-reactive ketones (excluding diaryl/α,β-unsaturated/α-hetero) is 1. The topological polar surface area (TPSA) is 29.4 Å². The van der Waals surface area contributed by atoms with Gasteiger partial charge in [-0.1, -0.05) is 24.3 Å². The van der Waals surface area contributed by atoms with Gasteiger partial charge in [0.1, 0.15) is 5.78 Å². The second-order valence-electron chi connectivity index (χ2n) is 5.35. The van der Waals surface area contributed by atoms with E-state index in [0.29, 0.717) is 30.7 Å². The van der Waals surface area contributed by atoms with Crippen LogP contribution in [-0.4, -0.2) is 18.0 Å². The van der Waals surface area contributed by atoms with Crippen molar-refractivity contribution < 1.29 is 18.0 Å². The van der Waals surface area contributed by atoms with E-state index in [1.54, 1.807) is 12.1 Å². The standard InChI is InChI=1S/C17H18F3NO/c1-3-6-12-10-14(21-4-2)15(16(12)22)11-7-5-8-13(9-11)17(18,19)20/h3,5,7-9,12,15H,1,4,6,10H2,2H3. The van der Waals surface area contributed by atoms with Crippen LogP contribution in [0, 0.1) is 5.92 Å². The van der Waals surface area contributed by atoms with Gasteiger partial charge in [0.05, 0.1) is 11.5 Å². The Morgan fingerprint density at radius 2 is 2.14 bits per heavy atom. The molecule has 0 aliphatic heterocycles. The molecule has 22 heavy (non-hydrogen) atoms. The average molecular weight is 309 g/mol. The van der Waals surface area contributed by atoms with E-state index >= 15 is 0 Å². The number of rotatable bonds is 4. The second kappa shape index (κ2) is 6.46. The maximum Gasteiger partial charge on any atom is 0.416 e. The number of halogens is 3. The third-order valence-electron chi connectivity index (χ3n) is 3.84. The minimum atomic E-state index is -4.42. The Morgan fingerprint density at radius 1 is 1.41 bits per heavy atom. The molecule has 5 heteroatoms. The van der Waals surface area contributed by atoms with Crippen LogP contribution >= 0.6 is 0 Å². The number of allylic oxidation sites excluding steroid dienone is 1. The molecule has 2 nitrogen and oxygen atoms in total. The van der Waals surface area contributed by atoms with Crippen molar-refractivity contribution in [3.05, 3.63) is 48.0 Å². The summed E-state index contributed by atoms with van der Waals surface area (Å²) in [6.07, 6.45) is -1.72. The van der Waals surface area contributed by atoms with E-state index in [2.05, 4.69) is 11.6 Å². The summed E-state index contributed by atoms with van der Waals surface area (Å²) in [6, 6.07) is 4.99. The van der Waals surface area contributed by atoms with Gasteiger partial charge in [-0.25, -0.2) is 0 Å². The molecule has 2 atom stereocenters. The molecule has 2 rings (SSSR count). The van der Waals surface area contributed by atoms with Crippen molar-refractivity contribution in [3.8, 4) is 0 Å². The van der Waals surface area contributed by atoms with Crippen molar-refractivity contribution in [2.45, 2.75) is 31.9 Å². The summed E-state index contributed by atoms with van der Waals surface area (Å²) in [5, 5.41) is 0. The van der Waals surface area contributed by atoms with E-state index in [1.807, 2.05) is 6.92 Å². The Morgan fingerprint density at radius 3 is 2.73 bits per heavy atom. The first-order valence-electron chi connectivity index (χ1n) is 7.23. The van der Waals surface area contributed by atoms with Crippen molar-refractivity contribution in [1.82, 2.24) is 0 Å². The lowest BCUT2D eigenvalue weighted by Crippen LogP contribution is -2.16. The van der Waals surface area contributed by atoms with Gasteiger partial charge in [0.15, 0.2) is 0 Å². The summed E-state index contributed by atoms with van der Waals surface area (Å²) in [5.74, 6) is -0.957. The molecular weight excluding hydrogens is 291 g/mol. The summed E-state index contributed by atoms with van der Waals surface area (Å²) < 4.78 is 38.6. The van der Waals surface area contributed by atoms with Crippen LogP contribution in [0.15, 0.2) is 41.9 Å². The first-order chi connectivity index (χ1) is 10.4. The third-order valence-corrected chi connectivity index (χ3v) is 3.84. The van der Waals surface area contributed by atoms with Gasteiger partial charge in [-0.15, -0.1) is 6.58 Å². The number of hydrogen-bond donors (Lipinski definition) is 0. The molecule has 2 unspecified atom stereocenters. The Balaban J connectivity index is 2.42. The molecule has 1 aromatic rings. The molecule has 0 heterocycles. The van der Waals surface area contributed by atoms with E-state index in [1.165, 1.54) is 6.07 Å². The quantitative estimate of drug-likeness (QED) is 0.757. The van der Waals surface area contributed by atoms with Crippen LogP contribution in [0.1, 0.15) is 36.8 Å². The number of nitrogens with zero attached hydrogens (tertiary/aromatic N) is 1. The van der Waals surface area contributed by atoms with E-state index in [4.69, 9.17) is 0 Å². The number of hydrogen-bond acceptors (Lipinski definition) is 2. The molecular formula is C17H18F3NO. The van der Waals surface area contributed by atoms with Crippen LogP contribution in [0.2, 0.25) is 0 Å². The van der Waals surface area contributed by atoms with Gasteiger partial charge in [-0.3, -0.25) is 9.79 Å². The van der Waals surface area contributed by atoms with Crippen molar-refractivity contribution >= 4 is 11.5 Å². The fourth-order valence-corrected chi connectivity index (χ4v) is 2.88. The van der Waals surface area contributed by atoms with Crippen LogP contribution in [0.5, 0.6) is 0 Å². The zero-order valence-electron chi connectivity index (χ0n) is 12.4. The molecule has 0 saturated heterocycles. The summed E-state index contributed by atoms with van der Waals surface area (Å²) in [7, 11) is 0. The van der Waals surface area contributed by atoms with Crippen molar-refractivity contribution in [3.63, 3.8) is 0 Å². The van der Waals surface area contributed by atoms with Gasteiger partial charge in [0, 0.05) is 18.2 Å². The number of alkyl halides is 3. The highest BCUT2D eigenvalue weighted by molar-refractivity contribution is 6.16. The lowest BCUT2D eigenvalue weighted by Gasteiger charge is -2.14. The molecule has 0 spiro atoms. The highest BCUT2D eigenvalue weighted by Crippen LogP contribution is 2.37. The lowest BCUT2D eigenvalue weighted by atomic mass is 9.92. The molecule has 0 aromatic heterocycles. The first kappa shape index (κ1) is 16.5. The van der Waals surface area contributed by atoms with Crippen molar-refractivity contribution in [2.24, 2.45) is 10.9 Å². The van der Waals surface area contributed by atoms with Gasteiger partial charge < -0.3 is 0 Å². The predicted molar refractivity (Wildman–Crippen MR) is 80.1 cm³/mol. The molecule has 118 valence electrons. The number of benzene rings is 1. The van der Waals surface area contributed by atoms with Gasteiger partial charge >= 0.3 is 6.18 Å². The highest BCUT2D eigenvalue weighted by atomic mass is 19.4. The molecule has 0 amide bonds. The largest absolute Gasteiger partial charge is 0.416 e. The van der Waals surface area contributed by atoms with Crippen LogP contribution < -0.4 is 0 Å². The molecule has 1 aliphatic carbocycles. The van der Waals surface area contributed by atoms with Gasteiger partial charge in [0.2, 0.25) is 0 Å². The summed E-state index contributed by atoms with van der Waals surface area (Å²) in [5.41, 5.74) is 0.318. The molecule has 1 aliphatic rings.